The monoisotopic (exact) mass is 396 g/mol. The van der Waals surface area contributed by atoms with Crippen LogP contribution in [0.3, 0.4) is 0 Å². The summed E-state index contributed by atoms with van der Waals surface area (Å²) in [6.07, 6.45) is -6.16. The number of carbonyl (C=O) groups is 1. The Morgan fingerprint density at radius 2 is 1.77 bits per heavy atom. The van der Waals surface area contributed by atoms with Crippen LogP contribution in [0.25, 0.3) is 0 Å². The van der Waals surface area contributed by atoms with Gasteiger partial charge in [-0.1, -0.05) is 18.2 Å². The number of rotatable bonds is 6. The minimum Gasteiger partial charge on any atom is -0.465 e. The van der Waals surface area contributed by atoms with Gasteiger partial charge in [0.15, 0.2) is 0 Å². The van der Waals surface area contributed by atoms with Gasteiger partial charge in [-0.05, 0) is 39.3 Å². The zero-order valence-electron chi connectivity index (χ0n) is 15.0. The fourth-order valence-corrected chi connectivity index (χ4v) is 3.20. The molecule has 10 heteroatoms. The largest absolute Gasteiger partial charge is 0.465 e. The Kier molecular flexibility index (Phi) is 6.69. The van der Waals surface area contributed by atoms with Crippen LogP contribution in [0.2, 0.25) is 0 Å². The molecule has 0 fully saturated rings. The van der Waals surface area contributed by atoms with Crippen molar-refractivity contribution in [2.24, 2.45) is 0 Å². The molecule has 0 aliphatic rings. The molecule has 2 N–H and O–H groups in total. The normalized spacial score (nSPS) is 14.1. The van der Waals surface area contributed by atoms with Crippen molar-refractivity contribution in [3.05, 3.63) is 35.4 Å². The number of amides is 1. The van der Waals surface area contributed by atoms with Crippen LogP contribution in [-0.2, 0) is 16.2 Å². The molecule has 1 atom stereocenters. The van der Waals surface area contributed by atoms with E-state index in [4.69, 9.17) is 0 Å². The summed E-state index contributed by atoms with van der Waals surface area (Å²) in [5.41, 5.74) is -2.38. The van der Waals surface area contributed by atoms with Gasteiger partial charge >= 0.3 is 12.3 Å². The highest BCUT2D eigenvalue weighted by molar-refractivity contribution is 7.89. The first-order valence-corrected chi connectivity index (χ1v) is 9.51. The molecule has 26 heavy (non-hydrogen) atoms. The molecule has 0 heterocycles. The van der Waals surface area contributed by atoms with Crippen molar-refractivity contribution in [3.63, 3.8) is 0 Å². The lowest BCUT2D eigenvalue weighted by atomic mass is 9.94. The van der Waals surface area contributed by atoms with E-state index in [1.54, 1.807) is 0 Å². The van der Waals surface area contributed by atoms with E-state index in [9.17, 15) is 31.5 Å². The molecule has 1 unspecified atom stereocenters. The number of carboxylic acid groups (broad SMARTS) is 1. The molecule has 0 radical (unpaired) electrons. The second-order valence-corrected chi connectivity index (χ2v) is 8.77. The van der Waals surface area contributed by atoms with Crippen LogP contribution < -0.4 is 4.72 Å². The number of halogens is 3. The average molecular weight is 396 g/mol. The van der Waals surface area contributed by atoms with Crippen LogP contribution >= 0.6 is 0 Å². The van der Waals surface area contributed by atoms with E-state index in [0.29, 0.717) is 0 Å². The van der Waals surface area contributed by atoms with E-state index >= 15 is 0 Å². The molecule has 0 aliphatic carbocycles. The SMILES string of the molecule is CCS(=O)(=O)NCC(c1ccccc1C(F)(F)F)N(C(=O)O)C(C)(C)C. The third-order valence-electron chi connectivity index (χ3n) is 3.74. The maximum absolute atomic E-state index is 13.4. The van der Waals surface area contributed by atoms with Crippen molar-refractivity contribution in [1.29, 1.82) is 0 Å². The minimum absolute atomic E-state index is 0.275. The Hall–Kier alpha value is -1.81. The predicted molar refractivity (Wildman–Crippen MR) is 91.3 cm³/mol. The molecule has 1 aromatic rings. The quantitative estimate of drug-likeness (QED) is 0.771. The summed E-state index contributed by atoms with van der Waals surface area (Å²) in [4.78, 5) is 12.6. The van der Waals surface area contributed by atoms with Gasteiger partial charge in [-0.15, -0.1) is 0 Å². The molecule has 0 bridgehead atoms. The summed E-state index contributed by atoms with van der Waals surface area (Å²) >= 11 is 0. The molecule has 0 aromatic heterocycles. The summed E-state index contributed by atoms with van der Waals surface area (Å²) in [6.45, 7) is 5.45. The minimum atomic E-state index is -4.71. The fourth-order valence-electron chi connectivity index (χ4n) is 2.58. The first-order chi connectivity index (χ1) is 11.7. The number of benzene rings is 1. The zero-order chi connectivity index (χ0) is 20.3. The number of sulfonamides is 1. The van der Waals surface area contributed by atoms with E-state index in [-0.39, 0.29) is 11.3 Å². The van der Waals surface area contributed by atoms with Crippen molar-refractivity contribution in [3.8, 4) is 0 Å². The van der Waals surface area contributed by atoms with Crippen LogP contribution in [0.4, 0.5) is 18.0 Å². The van der Waals surface area contributed by atoms with Gasteiger partial charge in [0.1, 0.15) is 0 Å². The number of hydrogen-bond acceptors (Lipinski definition) is 3. The van der Waals surface area contributed by atoms with Gasteiger partial charge < -0.3 is 5.11 Å². The van der Waals surface area contributed by atoms with E-state index in [2.05, 4.69) is 4.72 Å². The van der Waals surface area contributed by atoms with Crippen molar-refractivity contribution < 1.29 is 31.5 Å². The average Bonchev–Trinajstić information content (AvgIpc) is 2.48. The standard InChI is InChI=1S/C16H23F3N2O4S/c1-5-26(24,25)20-10-13(21(14(22)23)15(2,3)4)11-8-6-7-9-12(11)16(17,18)19/h6-9,13,20H,5,10H2,1-4H3,(H,22,23). The Bertz CT molecular complexity index is 743. The van der Waals surface area contributed by atoms with Crippen molar-refractivity contribution in [2.45, 2.75) is 45.5 Å². The molecular weight excluding hydrogens is 373 g/mol. The van der Waals surface area contributed by atoms with Gasteiger partial charge in [0.05, 0.1) is 17.4 Å². The number of hydrogen-bond donors (Lipinski definition) is 2. The number of nitrogens with one attached hydrogen (secondary N) is 1. The lowest BCUT2D eigenvalue weighted by Gasteiger charge is -2.40. The van der Waals surface area contributed by atoms with E-state index in [1.807, 2.05) is 0 Å². The molecule has 1 amide bonds. The first kappa shape index (κ1) is 22.2. The highest BCUT2D eigenvalue weighted by Gasteiger charge is 2.40. The molecule has 0 aliphatic heterocycles. The van der Waals surface area contributed by atoms with Gasteiger partial charge in [-0.25, -0.2) is 17.9 Å². The molecule has 6 nitrogen and oxygen atoms in total. The smallest absolute Gasteiger partial charge is 0.416 e. The lowest BCUT2D eigenvalue weighted by Crippen LogP contribution is -2.50. The molecular formula is C16H23F3N2O4S. The van der Waals surface area contributed by atoms with Crippen LogP contribution in [0.15, 0.2) is 24.3 Å². The summed E-state index contributed by atoms with van der Waals surface area (Å²) < 4.78 is 65.9. The van der Waals surface area contributed by atoms with Gasteiger partial charge in [-0.3, -0.25) is 4.90 Å². The van der Waals surface area contributed by atoms with Gasteiger partial charge in [-0.2, -0.15) is 13.2 Å². The highest BCUT2D eigenvalue weighted by Crippen LogP contribution is 2.38. The molecule has 0 spiro atoms. The van der Waals surface area contributed by atoms with Crippen LogP contribution in [-0.4, -0.2) is 42.4 Å². The van der Waals surface area contributed by atoms with Crippen molar-refractivity contribution >= 4 is 16.1 Å². The van der Waals surface area contributed by atoms with Gasteiger partial charge in [0.2, 0.25) is 10.0 Å². The van der Waals surface area contributed by atoms with Crippen molar-refractivity contribution in [1.82, 2.24) is 9.62 Å². The Labute approximate surface area is 151 Å². The predicted octanol–water partition coefficient (Wildman–Crippen LogP) is 3.46. The van der Waals surface area contributed by atoms with E-state index < -0.39 is 46.0 Å². The number of alkyl halides is 3. The second kappa shape index (κ2) is 7.83. The molecule has 1 aromatic carbocycles. The third kappa shape index (κ3) is 5.60. The molecule has 1 rings (SSSR count). The van der Waals surface area contributed by atoms with Gasteiger partial charge in [0, 0.05) is 12.1 Å². The summed E-state index contributed by atoms with van der Waals surface area (Å²) in [5.74, 6) is -0.275. The third-order valence-corrected chi connectivity index (χ3v) is 5.11. The fraction of sp³-hybridized carbons (Fsp3) is 0.562. The van der Waals surface area contributed by atoms with Crippen LogP contribution in [0.1, 0.15) is 44.9 Å². The topological polar surface area (TPSA) is 86.7 Å². The van der Waals surface area contributed by atoms with E-state index in [1.165, 1.54) is 39.8 Å². The summed E-state index contributed by atoms with van der Waals surface area (Å²) in [5, 5.41) is 9.59. The lowest BCUT2D eigenvalue weighted by molar-refractivity contribution is -0.139. The first-order valence-electron chi connectivity index (χ1n) is 7.86. The Balaban J connectivity index is 3.54. The second-order valence-electron chi connectivity index (χ2n) is 6.68. The summed E-state index contributed by atoms with van der Waals surface area (Å²) in [6, 6.07) is 3.21. The van der Waals surface area contributed by atoms with E-state index in [0.717, 1.165) is 17.0 Å². The van der Waals surface area contributed by atoms with Gasteiger partial charge in [0.25, 0.3) is 0 Å². The Morgan fingerprint density at radius 1 is 1.23 bits per heavy atom. The van der Waals surface area contributed by atoms with Crippen molar-refractivity contribution in [2.75, 3.05) is 12.3 Å². The molecule has 0 saturated carbocycles. The molecule has 0 saturated heterocycles. The number of nitrogens with zero attached hydrogens (tertiary/aromatic N) is 1. The maximum Gasteiger partial charge on any atom is 0.416 e. The highest BCUT2D eigenvalue weighted by atomic mass is 32.2. The molecule has 148 valence electrons. The van der Waals surface area contributed by atoms with Crippen LogP contribution in [0.5, 0.6) is 0 Å². The summed E-state index contributed by atoms with van der Waals surface area (Å²) in [7, 11) is -3.73. The Morgan fingerprint density at radius 3 is 2.19 bits per heavy atom. The maximum atomic E-state index is 13.4. The van der Waals surface area contributed by atoms with Crippen LogP contribution in [0, 0.1) is 0 Å². The zero-order valence-corrected chi connectivity index (χ0v) is 15.8.